The minimum atomic E-state index is -3.75. The Morgan fingerprint density at radius 2 is 1.15 bits per heavy atom. The number of imidazole rings is 1. The number of benzene rings is 3. The van der Waals surface area contributed by atoms with Gasteiger partial charge in [0.2, 0.25) is 0 Å². The number of rotatable bonds is 4. The SMILES string of the molecule is O=S(=O)(c1ccccc1)n1cnc(-c2ccccc2)c1-c1ccccc1. The van der Waals surface area contributed by atoms with E-state index in [1.165, 1.54) is 10.3 Å². The zero-order valence-corrected chi connectivity index (χ0v) is 14.7. The summed E-state index contributed by atoms with van der Waals surface area (Å²) in [5, 5.41) is 0. The fourth-order valence-electron chi connectivity index (χ4n) is 2.89. The molecule has 0 radical (unpaired) electrons. The maximum absolute atomic E-state index is 13.2. The van der Waals surface area contributed by atoms with E-state index < -0.39 is 10.0 Å². The standard InChI is InChI=1S/C21H16N2O2S/c24-26(25,19-14-8-3-9-15-19)23-16-22-20(17-10-4-1-5-11-17)21(23)18-12-6-2-7-13-18/h1-16H. The first kappa shape index (κ1) is 16.3. The van der Waals surface area contributed by atoms with Crippen LogP contribution in [-0.2, 0) is 10.0 Å². The van der Waals surface area contributed by atoms with Gasteiger partial charge in [-0.1, -0.05) is 78.9 Å². The van der Waals surface area contributed by atoms with Gasteiger partial charge in [0.05, 0.1) is 16.3 Å². The summed E-state index contributed by atoms with van der Waals surface area (Å²) >= 11 is 0. The molecule has 0 N–H and O–H groups in total. The molecule has 0 saturated carbocycles. The van der Waals surface area contributed by atoms with Crippen LogP contribution >= 0.6 is 0 Å². The zero-order valence-electron chi connectivity index (χ0n) is 13.9. The summed E-state index contributed by atoms with van der Waals surface area (Å²) in [5.74, 6) is 0. The summed E-state index contributed by atoms with van der Waals surface area (Å²) in [5.41, 5.74) is 2.86. The average Bonchev–Trinajstić information content (AvgIpc) is 3.16. The molecule has 0 aliphatic heterocycles. The van der Waals surface area contributed by atoms with Gasteiger partial charge in [-0.15, -0.1) is 0 Å². The van der Waals surface area contributed by atoms with Crippen LogP contribution in [0.25, 0.3) is 22.5 Å². The van der Waals surface area contributed by atoms with Gasteiger partial charge in [0.1, 0.15) is 6.33 Å². The molecule has 26 heavy (non-hydrogen) atoms. The molecular weight excluding hydrogens is 344 g/mol. The van der Waals surface area contributed by atoms with Crippen molar-refractivity contribution in [2.75, 3.05) is 0 Å². The van der Waals surface area contributed by atoms with E-state index in [-0.39, 0.29) is 4.90 Å². The Balaban J connectivity index is 1.99. The van der Waals surface area contributed by atoms with Gasteiger partial charge in [0.15, 0.2) is 0 Å². The van der Waals surface area contributed by atoms with Crippen LogP contribution in [0.5, 0.6) is 0 Å². The van der Waals surface area contributed by atoms with Crippen molar-refractivity contribution in [1.82, 2.24) is 8.96 Å². The molecule has 5 heteroatoms. The molecule has 1 aromatic heterocycles. The van der Waals surface area contributed by atoms with E-state index >= 15 is 0 Å². The maximum Gasteiger partial charge on any atom is 0.269 e. The van der Waals surface area contributed by atoms with Crippen LogP contribution in [0.3, 0.4) is 0 Å². The summed E-state index contributed by atoms with van der Waals surface area (Å²) in [4.78, 5) is 4.67. The predicted octanol–water partition coefficient (Wildman–Crippen LogP) is 4.45. The molecule has 0 unspecified atom stereocenters. The Morgan fingerprint density at radius 3 is 1.73 bits per heavy atom. The normalized spacial score (nSPS) is 11.4. The van der Waals surface area contributed by atoms with Crippen molar-refractivity contribution in [2.45, 2.75) is 4.90 Å². The number of hydrogen-bond acceptors (Lipinski definition) is 3. The molecule has 1 heterocycles. The van der Waals surface area contributed by atoms with Gasteiger partial charge >= 0.3 is 0 Å². The van der Waals surface area contributed by atoms with Crippen molar-refractivity contribution in [2.24, 2.45) is 0 Å². The van der Waals surface area contributed by atoms with Gasteiger partial charge in [0, 0.05) is 11.1 Å². The highest BCUT2D eigenvalue weighted by Gasteiger charge is 2.24. The Bertz CT molecular complexity index is 1120. The Kier molecular flexibility index (Phi) is 4.14. The van der Waals surface area contributed by atoms with E-state index in [4.69, 9.17) is 0 Å². The fourth-order valence-corrected chi connectivity index (χ4v) is 4.22. The first-order valence-electron chi connectivity index (χ1n) is 8.17. The van der Waals surface area contributed by atoms with Crippen LogP contribution < -0.4 is 0 Å². The molecule has 0 spiro atoms. The quantitative estimate of drug-likeness (QED) is 0.540. The Labute approximate surface area is 152 Å². The maximum atomic E-state index is 13.2. The van der Waals surface area contributed by atoms with Crippen molar-refractivity contribution < 1.29 is 8.42 Å². The molecular formula is C21H16N2O2S. The molecule has 128 valence electrons. The second kappa shape index (κ2) is 6.61. The first-order chi connectivity index (χ1) is 12.7. The van der Waals surface area contributed by atoms with Crippen molar-refractivity contribution in [3.05, 3.63) is 97.3 Å². The summed E-state index contributed by atoms with van der Waals surface area (Å²) in [6.07, 6.45) is 1.38. The Hall–Kier alpha value is -3.18. The van der Waals surface area contributed by atoms with E-state index in [1.807, 2.05) is 60.7 Å². The highest BCUT2D eigenvalue weighted by Crippen LogP contribution is 2.33. The minimum absolute atomic E-state index is 0.231. The largest absolute Gasteiger partial charge is 0.269 e. The number of nitrogens with zero attached hydrogens (tertiary/aromatic N) is 2. The zero-order chi connectivity index (χ0) is 18.0. The van der Waals surface area contributed by atoms with Crippen LogP contribution in [0.1, 0.15) is 0 Å². The summed E-state index contributed by atoms with van der Waals surface area (Å²) in [6, 6.07) is 27.4. The summed E-state index contributed by atoms with van der Waals surface area (Å²) in [6.45, 7) is 0. The first-order valence-corrected chi connectivity index (χ1v) is 9.61. The average molecular weight is 360 g/mol. The van der Waals surface area contributed by atoms with Gasteiger partial charge in [-0.3, -0.25) is 0 Å². The van der Waals surface area contributed by atoms with Crippen LogP contribution in [0.2, 0.25) is 0 Å². The molecule has 0 saturated heterocycles. The summed E-state index contributed by atoms with van der Waals surface area (Å²) < 4.78 is 27.7. The topological polar surface area (TPSA) is 52.0 Å². The smallest absolute Gasteiger partial charge is 0.235 e. The lowest BCUT2D eigenvalue weighted by molar-refractivity contribution is 0.588. The van der Waals surface area contributed by atoms with E-state index in [9.17, 15) is 8.42 Å². The monoisotopic (exact) mass is 360 g/mol. The van der Waals surface area contributed by atoms with Crippen LogP contribution in [0, 0.1) is 0 Å². The van der Waals surface area contributed by atoms with Crippen LogP contribution in [-0.4, -0.2) is 17.4 Å². The third-order valence-corrected chi connectivity index (χ3v) is 5.79. The highest BCUT2D eigenvalue weighted by atomic mass is 32.2. The molecule has 0 amide bonds. The highest BCUT2D eigenvalue weighted by molar-refractivity contribution is 7.90. The molecule has 0 fully saturated rings. The lowest BCUT2D eigenvalue weighted by atomic mass is 10.1. The van der Waals surface area contributed by atoms with Crippen molar-refractivity contribution >= 4 is 10.0 Å². The molecule has 0 atom stereocenters. The molecule has 0 bridgehead atoms. The molecule has 4 aromatic rings. The third-order valence-electron chi connectivity index (χ3n) is 4.13. The lowest BCUT2D eigenvalue weighted by Crippen LogP contribution is -2.13. The minimum Gasteiger partial charge on any atom is -0.235 e. The van der Waals surface area contributed by atoms with Gasteiger partial charge in [-0.2, -0.15) is 0 Å². The van der Waals surface area contributed by atoms with E-state index in [0.29, 0.717) is 11.4 Å². The second-order valence-corrected chi connectivity index (χ2v) is 7.60. The molecule has 0 aliphatic carbocycles. The molecule has 4 nitrogen and oxygen atoms in total. The van der Waals surface area contributed by atoms with Gasteiger partial charge in [0.25, 0.3) is 10.0 Å². The third kappa shape index (κ3) is 2.82. The lowest BCUT2D eigenvalue weighted by Gasteiger charge is -2.11. The fraction of sp³-hybridized carbons (Fsp3) is 0. The van der Waals surface area contributed by atoms with Crippen molar-refractivity contribution in [3.63, 3.8) is 0 Å². The van der Waals surface area contributed by atoms with Gasteiger partial charge < -0.3 is 0 Å². The van der Waals surface area contributed by atoms with E-state index in [1.54, 1.807) is 30.3 Å². The summed E-state index contributed by atoms with van der Waals surface area (Å²) in [7, 11) is -3.75. The van der Waals surface area contributed by atoms with Gasteiger partial charge in [-0.25, -0.2) is 17.4 Å². The molecule has 4 rings (SSSR count). The van der Waals surface area contributed by atoms with E-state index in [2.05, 4.69) is 4.98 Å². The molecule has 0 aliphatic rings. The Morgan fingerprint density at radius 1 is 0.654 bits per heavy atom. The number of aromatic nitrogens is 2. The van der Waals surface area contributed by atoms with Crippen molar-refractivity contribution in [1.29, 1.82) is 0 Å². The molecule has 3 aromatic carbocycles. The van der Waals surface area contributed by atoms with Crippen LogP contribution in [0.15, 0.2) is 102 Å². The second-order valence-electron chi connectivity index (χ2n) is 5.79. The predicted molar refractivity (Wildman–Crippen MR) is 102 cm³/mol. The van der Waals surface area contributed by atoms with Crippen LogP contribution in [0.4, 0.5) is 0 Å². The van der Waals surface area contributed by atoms with Gasteiger partial charge in [-0.05, 0) is 12.1 Å². The van der Waals surface area contributed by atoms with E-state index in [0.717, 1.165) is 11.1 Å². The number of hydrogen-bond donors (Lipinski definition) is 0. The van der Waals surface area contributed by atoms with Crippen molar-refractivity contribution in [3.8, 4) is 22.5 Å².